The first-order chi connectivity index (χ1) is 26.0. The van der Waals surface area contributed by atoms with Gasteiger partial charge in [0.2, 0.25) is 0 Å². The average molecular weight is 680 g/mol. The molecule has 0 radical (unpaired) electrons. The Morgan fingerprint density at radius 3 is 1.42 bits per heavy atom. The van der Waals surface area contributed by atoms with Crippen LogP contribution >= 0.6 is 0 Å². The van der Waals surface area contributed by atoms with Gasteiger partial charge >= 0.3 is 0 Å². The van der Waals surface area contributed by atoms with Gasteiger partial charge in [-0.15, -0.1) is 0 Å². The smallest absolute Gasteiger partial charge is 0.0468 e. The summed E-state index contributed by atoms with van der Waals surface area (Å²) < 4.78 is 0. The van der Waals surface area contributed by atoms with E-state index >= 15 is 0 Å². The van der Waals surface area contributed by atoms with E-state index in [1.165, 1.54) is 71.3 Å². The lowest BCUT2D eigenvalue weighted by Crippen LogP contribution is -2.13. The zero-order valence-corrected chi connectivity index (χ0v) is 30.4. The summed E-state index contributed by atoms with van der Waals surface area (Å²) in [6.45, 7) is 6.81. The number of para-hydroxylation sites is 1. The Labute approximate surface area is 312 Å². The van der Waals surface area contributed by atoms with Crippen molar-refractivity contribution in [2.75, 3.05) is 4.90 Å². The van der Waals surface area contributed by atoms with Gasteiger partial charge in [-0.2, -0.15) is 0 Å². The van der Waals surface area contributed by atoms with Crippen molar-refractivity contribution >= 4 is 49.4 Å². The van der Waals surface area contributed by atoms with Crippen molar-refractivity contribution in [3.8, 4) is 33.4 Å². The highest BCUT2D eigenvalue weighted by Gasteiger charge is 2.23. The molecule has 0 heterocycles. The Morgan fingerprint density at radius 1 is 0.340 bits per heavy atom. The van der Waals surface area contributed by atoms with Crippen LogP contribution < -0.4 is 4.90 Å². The van der Waals surface area contributed by atoms with E-state index in [4.69, 9.17) is 0 Å². The quantitative estimate of drug-likeness (QED) is 0.158. The van der Waals surface area contributed by atoms with E-state index in [-0.39, 0.29) is 5.41 Å². The molecule has 0 N–H and O–H groups in total. The molecule has 0 aliphatic carbocycles. The van der Waals surface area contributed by atoms with E-state index in [1.54, 1.807) is 0 Å². The van der Waals surface area contributed by atoms with Crippen molar-refractivity contribution in [1.82, 2.24) is 0 Å². The van der Waals surface area contributed by atoms with E-state index in [9.17, 15) is 0 Å². The molecule has 0 aliphatic rings. The second-order valence-corrected chi connectivity index (χ2v) is 14.9. The molecule has 9 rings (SSSR count). The predicted octanol–water partition coefficient (Wildman–Crippen LogP) is 14.9. The Kier molecular flexibility index (Phi) is 8.13. The van der Waals surface area contributed by atoms with Crippen molar-refractivity contribution in [2.45, 2.75) is 26.2 Å². The molecular formula is C52H41N. The number of anilines is 3. The highest BCUT2D eigenvalue weighted by atomic mass is 15.1. The van der Waals surface area contributed by atoms with Crippen molar-refractivity contribution in [2.24, 2.45) is 0 Å². The van der Waals surface area contributed by atoms with Crippen molar-refractivity contribution < 1.29 is 0 Å². The molecule has 0 saturated heterocycles. The molecule has 254 valence electrons. The molecule has 53 heavy (non-hydrogen) atoms. The molecule has 0 atom stereocenters. The molecule has 0 amide bonds. The summed E-state index contributed by atoms with van der Waals surface area (Å²) in [5, 5.41) is 7.53. The van der Waals surface area contributed by atoms with Gasteiger partial charge in [0.05, 0.1) is 0 Å². The number of rotatable bonds is 6. The van der Waals surface area contributed by atoms with Crippen molar-refractivity contribution in [3.63, 3.8) is 0 Å². The summed E-state index contributed by atoms with van der Waals surface area (Å²) in [6.07, 6.45) is 0. The molecule has 0 aliphatic heterocycles. The molecule has 0 saturated carbocycles. The predicted molar refractivity (Wildman–Crippen MR) is 229 cm³/mol. The summed E-state index contributed by atoms with van der Waals surface area (Å²) in [7, 11) is 0. The molecule has 0 unspecified atom stereocenters. The van der Waals surface area contributed by atoms with Gasteiger partial charge in [-0.1, -0.05) is 172 Å². The second kappa shape index (κ2) is 13.3. The van der Waals surface area contributed by atoms with Crippen LogP contribution in [0.15, 0.2) is 194 Å². The van der Waals surface area contributed by atoms with Crippen LogP contribution in [0.5, 0.6) is 0 Å². The van der Waals surface area contributed by atoms with Crippen molar-refractivity contribution in [3.05, 3.63) is 200 Å². The molecule has 1 heteroatoms. The van der Waals surface area contributed by atoms with E-state index in [0.29, 0.717) is 0 Å². The Morgan fingerprint density at radius 2 is 0.811 bits per heavy atom. The molecule has 0 fully saturated rings. The topological polar surface area (TPSA) is 3.24 Å². The normalized spacial score (nSPS) is 11.7. The van der Waals surface area contributed by atoms with Gasteiger partial charge in [-0.25, -0.2) is 0 Å². The van der Waals surface area contributed by atoms with Crippen LogP contribution in [-0.2, 0) is 5.41 Å². The van der Waals surface area contributed by atoms with Gasteiger partial charge in [-0.05, 0) is 119 Å². The summed E-state index contributed by atoms with van der Waals surface area (Å²) in [6, 6.07) is 71.0. The zero-order valence-electron chi connectivity index (χ0n) is 30.4. The Balaban J connectivity index is 1.41. The Hall–Kier alpha value is -6.44. The van der Waals surface area contributed by atoms with Crippen LogP contribution in [0.2, 0.25) is 0 Å². The van der Waals surface area contributed by atoms with Crippen LogP contribution in [0.4, 0.5) is 17.1 Å². The zero-order chi connectivity index (χ0) is 35.9. The standard InChI is InChI=1S/C52H41N/c1-52(2,3)39-28-30-41(31-29-39)53(40-24-14-7-15-25-40)42-32-33-45-48(34-42)43-26-16-17-27-44(43)51-49(38-22-12-6-13-23-38)46(36-18-8-4-9-19-36)35-47(50(45)51)37-20-10-5-11-21-37/h4-35H,1-3H3. The molecule has 0 spiro atoms. The first-order valence-corrected chi connectivity index (χ1v) is 18.5. The fourth-order valence-corrected chi connectivity index (χ4v) is 8.01. The maximum absolute atomic E-state index is 2.44. The van der Waals surface area contributed by atoms with Gasteiger partial charge < -0.3 is 4.90 Å². The number of hydrogen-bond acceptors (Lipinski definition) is 1. The lowest BCUT2D eigenvalue weighted by molar-refractivity contribution is 0.590. The molecule has 0 bridgehead atoms. The number of fused-ring (bicyclic) bond motifs is 6. The maximum atomic E-state index is 2.44. The van der Waals surface area contributed by atoms with Crippen LogP contribution in [-0.4, -0.2) is 0 Å². The third-order valence-corrected chi connectivity index (χ3v) is 10.6. The summed E-state index contributed by atoms with van der Waals surface area (Å²) in [5.41, 5.74) is 12.2. The van der Waals surface area contributed by atoms with Gasteiger partial charge in [0, 0.05) is 17.1 Å². The highest BCUT2D eigenvalue weighted by molar-refractivity contribution is 6.33. The van der Waals surface area contributed by atoms with Crippen LogP contribution in [0.1, 0.15) is 26.3 Å². The molecule has 1 nitrogen and oxygen atoms in total. The minimum atomic E-state index is 0.0778. The minimum absolute atomic E-state index is 0.0778. The first-order valence-electron chi connectivity index (χ1n) is 18.5. The SMILES string of the molecule is CC(C)(C)c1ccc(N(c2ccccc2)c2ccc3c(c2)c2ccccc2c2c(-c4ccccc4)c(-c4ccccc4)cc(-c4ccccc4)c32)cc1. The van der Waals surface area contributed by atoms with Crippen molar-refractivity contribution in [1.29, 1.82) is 0 Å². The molecule has 9 aromatic carbocycles. The average Bonchev–Trinajstić information content (AvgIpc) is 3.21. The van der Waals surface area contributed by atoms with E-state index in [1.807, 2.05) is 0 Å². The van der Waals surface area contributed by atoms with Crippen LogP contribution in [0.3, 0.4) is 0 Å². The number of nitrogens with zero attached hydrogens (tertiary/aromatic N) is 1. The summed E-state index contributed by atoms with van der Waals surface area (Å²) in [5.74, 6) is 0. The summed E-state index contributed by atoms with van der Waals surface area (Å²) in [4.78, 5) is 2.39. The van der Waals surface area contributed by atoms with Gasteiger partial charge in [0.25, 0.3) is 0 Å². The highest BCUT2D eigenvalue weighted by Crippen LogP contribution is 2.50. The lowest BCUT2D eigenvalue weighted by Gasteiger charge is -2.28. The van der Waals surface area contributed by atoms with E-state index < -0.39 is 0 Å². The monoisotopic (exact) mass is 679 g/mol. The van der Waals surface area contributed by atoms with Crippen LogP contribution in [0, 0.1) is 0 Å². The number of benzene rings is 9. The fraction of sp³-hybridized carbons (Fsp3) is 0.0769. The fourth-order valence-electron chi connectivity index (χ4n) is 8.01. The van der Waals surface area contributed by atoms with E-state index in [2.05, 4.69) is 220 Å². The summed E-state index contributed by atoms with van der Waals surface area (Å²) >= 11 is 0. The molecular weight excluding hydrogens is 639 g/mol. The van der Waals surface area contributed by atoms with Gasteiger partial charge in [-0.3, -0.25) is 0 Å². The van der Waals surface area contributed by atoms with E-state index in [0.717, 1.165) is 17.1 Å². The lowest BCUT2D eigenvalue weighted by atomic mass is 9.81. The molecule has 0 aromatic heterocycles. The maximum Gasteiger partial charge on any atom is 0.0468 e. The van der Waals surface area contributed by atoms with Gasteiger partial charge in [0.1, 0.15) is 0 Å². The first kappa shape index (κ1) is 32.5. The van der Waals surface area contributed by atoms with Crippen LogP contribution in [0.25, 0.3) is 65.7 Å². The van der Waals surface area contributed by atoms with Gasteiger partial charge in [0.15, 0.2) is 0 Å². The Bertz CT molecular complexity index is 2710. The second-order valence-electron chi connectivity index (χ2n) is 14.9. The largest absolute Gasteiger partial charge is 0.310 e. The molecule has 9 aromatic rings. The third kappa shape index (κ3) is 5.85. The number of hydrogen-bond donors (Lipinski definition) is 0. The minimum Gasteiger partial charge on any atom is -0.310 e. The third-order valence-electron chi connectivity index (χ3n) is 10.6.